The Hall–Kier alpha value is -5.05. The zero-order chi connectivity index (χ0) is 29.9. The highest BCUT2D eigenvalue weighted by molar-refractivity contribution is 6.07. The summed E-state index contributed by atoms with van der Waals surface area (Å²) in [5.74, 6) is -1.12. The number of carbonyl (C=O) groups is 3. The normalized spacial score (nSPS) is 14.0. The predicted octanol–water partition coefficient (Wildman–Crippen LogP) is 3.35. The van der Waals surface area contributed by atoms with Crippen LogP contribution in [0.15, 0.2) is 59.5 Å². The number of aldehydes is 1. The van der Waals surface area contributed by atoms with E-state index in [1.165, 1.54) is 29.2 Å². The highest BCUT2D eigenvalue weighted by Crippen LogP contribution is 2.24. The van der Waals surface area contributed by atoms with Gasteiger partial charge in [0.05, 0.1) is 17.6 Å². The highest BCUT2D eigenvalue weighted by atomic mass is 19.4. The standard InChI is InChI=1S/C27H25F3N8O4/c1-36-8-10-37(11-9-36)26(41)23-20(13-38(35-23)19-4-2-17(14-39)3-5-19)33-24(40)21-15-42-25(34-21)18-6-7-31-22(12-18)32-16-27(28,29)30/h2-7,12-15H,8-11,16H2,1H3,(H,31,32)(H,33,40). The lowest BCUT2D eigenvalue weighted by Gasteiger charge is -2.32. The summed E-state index contributed by atoms with van der Waals surface area (Å²) in [5.41, 5.74) is 1.34. The third kappa shape index (κ3) is 6.63. The second kappa shape index (κ2) is 11.8. The topological polar surface area (TPSA) is 138 Å². The number of aromatic nitrogens is 4. The Bertz CT molecular complexity index is 1590. The third-order valence-electron chi connectivity index (χ3n) is 6.46. The van der Waals surface area contributed by atoms with Gasteiger partial charge in [-0.1, -0.05) is 0 Å². The molecule has 1 aromatic carbocycles. The first-order valence-electron chi connectivity index (χ1n) is 12.8. The van der Waals surface area contributed by atoms with Crippen molar-refractivity contribution in [2.75, 3.05) is 50.4 Å². The van der Waals surface area contributed by atoms with Gasteiger partial charge in [-0.3, -0.25) is 14.4 Å². The molecule has 0 spiro atoms. The van der Waals surface area contributed by atoms with Gasteiger partial charge in [-0.15, -0.1) is 0 Å². The number of pyridine rings is 1. The summed E-state index contributed by atoms with van der Waals surface area (Å²) in [5, 5.41) is 9.29. The number of halogens is 3. The number of hydrogen-bond donors (Lipinski definition) is 2. The lowest BCUT2D eigenvalue weighted by atomic mass is 10.2. The minimum atomic E-state index is -4.43. The number of likely N-dealkylation sites (N-methyl/N-ethyl adjacent to an activating group) is 1. The highest BCUT2D eigenvalue weighted by Gasteiger charge is 2.28. The van der Waals surface area contributed by atoms with Gasteiger partial charge in [-0.2, -0.15) is 18.3 Å². The van der Waals surface area contributed by atoms with E-state index < -0.39 is 18.6 Å². The number of carbonyl (C=O) groups excluding carboxylic acids is 3. The van der Waals surface area contributed by atoms with E-state index in [0.29, 0.717) is 49.3 Å². The van der Waals surface area contributed by atoms with Crippen LogP contribution >= 0.6 is 0 Å². The van der Waals surface area contributed by atoms with Crippen LogP contribution in [0, 0.1) is 0 Å². The number of alkyl halides is 3. The van der Waals surface area contributed by atoms with Gasteiger partial charge < -0.3 is 24.9 Å². The molecule has 42 heavy (non-hydrogen) atoms. The Kier molecular flexibility index (Phi) is 8.01. The fraction of sp³-hybridized carbons (Fsp3) is 0.259. The molecule has 15 heteroatoms. The maximum absolute atomic E-state index is 13.4. The second-order valence-electron chi connectivity index (χ2n) is 9.53. The van der Waals surface area contributed by atoms with Crippen LogP contribution in [-0.2, 0) is 0 Å². The first-order valence-corrected chi connectivity index (χ1v) is 12.8. The van der Waals surface area contributed by atoms with Crippen LogP contribution < -0.4 is 10.6 Å². The van der Waals surface area contributed by atoms with Crippen molar-refractivity contribution in [2.24, 2.45) is 0 Å². The molecule has 1 saturated heterocycles. The molecule has 0 radical (unpaired) electrons. The third-order valence-corrected chi connectivity index (χ3v) is 6.46. The van der Waals surface area contributed by atoms with Crippen LogP contribution in [0.1, 0.15) is 31.3 Å². The summed E-state index contributed by atoms with van der Waals surface area (Å²) in [6.07, 6.45) is 0.143. The quantitative estimate of drug-likeness (QED) is 0.300. The maximum atomic E-state index is 13.4. The van der Waals surface area contributed by atoms with E-state index in [0.717, 1.165) is 6.26 Å². The van der Waals surface area contributed by atoms with Gasteiger partial charge in [0.2, 0.25) is 5.89 Å². The average Bonchev–Trinajstić information content (AvgIpc) is 3.64. The monoisotopic (exact) mass is 582 g/mol. The summed E-state index contributed by atoms with van der Waals surface area (Å²) < 4.78 is 44.5. The molecule has 0 aliphatic carbocycles. The minimum Gasteiger partial charge on any atom is -0.444 e. The van der Waals surface area contributed by atoms with Gasteiger partial charge in [0.25, 0.3) is 11.8 Å². The Morgan fingerprint density at radius 2 is 1.83 bits per heavy atom. The van der Waals surface area contributed by atoms with E-state index >= 15 is 0 Å². The van der Waals surface area contributed by atoms with Crippen molar-refractivity contribution in [2.45, 2.75) is 6.18 Å². The molecule has 0 saturated carbocycles. The summed E-state index contributed by atoms with van der Waals surface area (Å²) in [4.78, 5) is 49.4. The first kappa shape index (κ1) is 28.5. The molecule has 1 aliphatic heterocycles. The molecule has 1 aliphatic rings. The van der Waals surface area contributed by atoms with E-state index in [-0.39, 0.29) is 34.7 Å². The number of hydrogen-bond acceptors (Lipinski definition) is 9. The molecule has 0 atom stereocenters. The van der Waals surface area contributed by atoms with Crippen molar-refractivity contribution in [1.29, 1.82) is 0 Å². The zero-order valence-electron chi connectivity index (χ0n) is 22.3. The van der Waals surface area contributed by atoms with E-state index in [1.807, 2.05) is 7.05 Å². The van der Waals surface area contributed by atoms with Gasteiger partial charge in [0.15, 0.2) is 11.4 Å². The van der Waals surface area contributed by atoms with E-state index in [9.17, 15) is 27.6 Å². The lowest BCUT2D eigenvalue weighted by Crippen LogP contribution is -2.47. The number of amides is 2. The molecule has 218 valence electrons. The fourth-order valence-corrected chi connectivity index (χ4v) is 4.17. The number of anilines is 2. The van der Waals surface area contributed by atoms with Crippen molar-refractivity contribution < 1.29 is 32.0 Å². The minimum absolute atomic E-state index is 0.0164. The molecule has 0 unspecified atom stereocenters. The fourth-order valence-electron chi connectivity index (χ4n) is 4.17. The molecule has 2 amide bonds. The van der Waals surface area contributed by atoms with Gasteiger partial charge in [-0.25, -0.2) is 14.6 Å². The maximum Gasteiger partial charge on any atom is 0.405 e. The number of nitrogens with one attached hydrogen (secondary N) is 2. The van der Waals surface area contributed by atoms with Gasteiger partial charge in [0, 0.05) is 43.5 Å². The number of benzene rings is 1. The van der Waals surface area contributed by atoms with Crippen LogP contribution in [0.5, 0.6) is 0 Å². The van der Waals surface area contributed by atoms with E-state index in [1.54, 1.807) is 29.2 Å². The molecule has 2 N–H and O–H groups in total. The van der Waals surface area contributed by atoms with Crippen molar-refractivity contribution in [3.05, 3.63) is 72.0 Å². The van der Waals surface area contributed by atoms with E-state index in [2.05, 4.69) is 30.6 Å². The predicted molar refractivity (Wildman–Crippen MR) is 145 cm³/mol. The van der Waals surface area contributed by atoms with Gasteiger partial charge in [0.1, 0.15) is 24.9 Å². The van der Waals surface area contributed by atoms with Gasteiger partial charge >= 0.3 is 6.18 Å². The largest absolute Gasteiger partial charge is 0.444 e. The van der Waals surface area contributed by atoms with E-state index in [4.69, 9.17) is 4.42 Å². The first-order chi connectivity index (χ1) is 20.1. The molecule has 4 aromatic rings. The summed E-state index contributed by atoms with van der Waals surface area (Å²) in [6.45, 7) is 1.08. The molecule has 4 heterocycles. The Labute approximate surface area is 237 Å². The van der Waals surface area contributed by atoms with Crippen molar-refractivity contribution in [3.63, 3.8) is 0 Å². The number of piperazine rings is 1. The molecular formula is C27H25F3N8O4. The van der Waals surface area contributed by atoms with Crippen molar-refractivity contribution in [1.82, 2.24) is 29.5 Å². The summed E-state index contributed by atoms with van der Waals surface area (Å²) in [7, 11) is 1.96. The van der Waals surface area contributed by atoms with Crippen LogP contribution in [-0.4, -0.2) is 93.6 Å². The summed E-state index contributed by atoms with van der Waals surface area (Å²) >= 11 is 0. The van der Waals surface area contributed by atoms with Crippen molar-refractivity contribution >= 4 is 29.6 Å². The Balaban J connectivity index is 1.38. The SMILES string of the molecule is CN1CCN(C(=O)c2nn(-c3ccc(C=O)cc3)cc2NC(=O)c2coc(-c3ccnc(NCC(F)(F)F)c3)n2)CC1. The molecule has 5 rings (SSSR count). The lowest BCUT2D eigenvalue weighted by molar-refractivity contribution is -0.115. The van der Waals surface area contributed by atoms with Crippen LogP contribution in [0.2, 0.25) is 0 Å². The smallest absolute Gasteiger partial charge is 0.405 e. The molecule has 1 fully saturated rings. The molecular weight excluding hydrogens is 557 g/mol. The number of nitrogens with zero attached hydrogens (tertiary/aromatic N) is 6. The Morgan fingerprint density at radius 1 is 1.10 bits per heavy atom. The van der Waals surface area contributed by atoms with Gasteiger partial charge in [-0.05, 0) is 43.4 Å². The zero-order valence-corrected chi connectivity index (χ0v) is 22.3. The average molecular weight is 583 g/mol. The van der Waals surface area contributed by atoms with Crippen LogP contribution in [0.3, 0.4) is 0 Å². The number of oxazole rings is 1. The number of rotatable bonds is 8. The molecule has 0 bridgehead atoms. The van der Waals surface area contributed by atoms with Crippen LogP contribution in [0.4, 0.5) is 24.7 Å². The summed E-state index contributed by atoms with van der Waals surface area (Å²) in [6, 6.07) is 9.30. The molecule has 12 nitrogen and oxygen atoms in total. The van der Waals surface area contributed by atoms with Crippen LogP contribution in [0.25, 0.3) is 17.1 Å². The molecule has 3 aromatic heterocycles. The van der Waals surface area contributed by atoms with Crippen molar-refractivity contribution in [3.8, 4) is 17.1 Å². The Morgan fingerprint density at radius 3 is 2.52 bits per heavy atom. The second-order valence-corrected chi connectivity index (χ2v) is 9.53.